The average molecular weight is 352 g/mol. The minimum absolute atomic E-state index is 0.214. The molecule has 0 spiro atoms. The summed E-state index contributed by atoms with van der Waals surface area (Å²) in [4.78, 5) is 22.6. The maximum absolute atomic E-state index is 13.2. The van der Waals surface area contributed by atoms with Gasteiger partial charge in [0.15, 0.2) is 5.01 Å². The Morgan fingerprint density at radius 1 is 1.33 bits per heavy atom. The summed E-state index contributed by atoms with van der Waals surface area (Å²) in [6.45, 7) is 2.69. The standard InChI is InChI=1S/C16H17FN2O4S/c1-16(22-8-9-23-16)15-18-12(14(20)19(2)21-3)13(24-15)10-4-6-11(17)7-5-10/h4-7H,8-9H2,1-3H3. The number of hydrogen-bond donors (Lipinski definition) is 0. The molecule has 6 nitrogen and oxygen atoms in total. The second-order valence-electron chi connectivity index (χ2n) is 5.33. The summed E-state index contributed by atoms with van der Waals surface area (Å²) in [6, 6.07) is 5.89. The van der Waals surface area contributed by atoms with E-state index in [1.165, 1.54) is 37.6 Å². The van der Waals surface area contributed by atoms with E-state index in [2.05, 4.69) is 4.98 Å². The van der Waals surface area contributed by atoms with Crippen LogP contribution in [-0.2, 0) is 20.1 Å². The Kier molecular flexibility index (Phi) is 4.64. The third-order valence-electron chi connectivity index (χ3n) is 3.72. The van der Waals surface area contributed by atoms with Gasteiger partial charge in [0.1, 0.15) is 11.5 Å². The summed E-state index contributed by atoms with van der Waals surface area (Å²) in [5.41, 5.74) is 0.904. The predicted octanol–water partition coefficient (Wildman–Crippen LogP) is 2.80. The Labute approximate surface area is 142 Å². The first-order valence-electron chi connectivity index (χ1n) is 7.32. The molecule has 2 aromatic rings. The van der Waals surface area contributed by atoms with Gasteiger partial charge in [-0.1, -0.05) is 12.1 Å². The molecular formula is C16H17FN2O4S. The fraction of sp³-hybridized carbons (Fsp3) is 0.375. The van der Waals surface area contributed by atoms with Crippen LogP contribution in [-0.4, -0.2) is 43.3 Å². The number of rotatable bonds is 4. The van der Waals surface area contributed by atoms with Crippen molar-refractivity contribution in [2.24, 2.45) is 0 Å². The lowest BCUT2D eigenvalue weighted by Crippen LogP contribution is -2.27. The molecule has 2 heterocycles. The van der Waals surface area contributed by atoms with Crippen LogP contribution in [0, 0.1) is 5.82 Å². The number of nitrogens with zero attached hydrogens (tertiary/aromatic N) is 2. The maximum atomic E-state index is 13.2. The van der Waals surface area contributed by atoms with E-state index in [4.69, 9.17) is 14.3 Å². The SMILES string of the molecule is CON(C)C(=O)c1nc(C2(C)OCCO2)sc1-c1ccc(F)cc1. The quantitative estimate of drug-likeness (QED) is 0.792. The summed E-state index contributed by atoms with van der Waals surface area (Å²) in [5.74, 6) is -1.73. The molecule has 3 rings (SSSR count). The van der Waals surface area contributed by atoms with Gasteiger partial charge in [-0.25, -0.2) is 14.4 Å². The fourth-order valence-electron chi connectivity index (χ4n) is 2.33. The van der Waals surface area contributed by atoms with Gasteiger partial charge in [-0.15, -0.1) is 11.3 Å². The zero-order chi connectivity index (χ0) is 17.3. The van der Waals surface area contributed by atoms with Gasteiger partial charge in [-0.05, 0) is 24.6 Å². The van der Waals surface area contributed by atoms with Crippen molar-refractivity contribution in [3.8, 4) is 10.4 Å². The highest BCUT2D eigenvalue weighted by molar-refractivity contribution is 7.15. The Balaban J connectivity index is 2.09. The van der Waals surface area contributed by atoms with E-state index in [9.17, 15) is 9.18 Å². The van der Waals surface area contributed by atoms with Crippen LogP contribution in [0.4, 0.5) is 4.39 Å². The van der Waals surface area contributed by atoms with Crippen molar-refractivity contribution in [1.29, 1.82) is 0 Å². The maximum Gasteiger partial charge on any atom is 0.297 e. The molecule has 0 aliphatic carbocycles. The molecule has 0 bridgehead atoms. The molecule has 1 aliphatic rings. The average Bonchev–Trinajstić information content (AvgIpc) is 3.22. The molecule has 1 aromatic carbocycles. The van der Waals surface area contributed by atoms with Crippen molar-refractivity contribution in [3.63, 3.8) is 0 Å². The van der Waals surface area contributed by atoms with Gasteiger partial charge in [-0.2, -0.15) is 0 Å². The number of aromatic nitrogens is 1. The normalized spacial score (nSPS) is 16.3. The van der Waals surface area contributed by atoms with E-state index < -0.39 is 11.7 Å². The smallest absolute Gasteiger partial charge is 0.297 e. The van der Waals surface area contributed by atoms with Crippen LogP contribution in [0.1, 0.15) is 22.4 Å². The summed E-state index contributed by atoms with van der Waals surface area (Å²) >= 11 is 1.28. The molecule has 0 N–H and O–H groups in total. The van der Waals surface area contributed by atoms with E-state index in [0.717, 1.165) is 5.06 Å². The number of carbonyl (C=O) groups excluding carboxylic acids is 1. The minimum Gasteiger partial charge on any atom is -0.342 e. The number of benzene rings is 1. The first kappa shape index (κ1) is 17.0. The molecule has 0 unspecified atom stereocenters. The van der Waals surface area contributed by atoms with Crippen LogP contribution in [0.15, 0.2) is 24.3 Å². The van der Waals surface area contributed by atoms with Gasteiger partial charge < -0.3 is 9.47 Å². The van der Waals surface area contributed by atoms with Gasteiger partial charge in [-0.3, -0.25) is 9.63 Å². The summed E-state index contributed by atoms with van der Waals surface area (Å²) < 4.78 is 24.5. The molecule has 1 aliphatic heterocycles. The topological polar surface area (TPSA) is 60.9 Å². The van der Waals surface area contributed by atoms with Crippen molar-refractivity contribution in [3.05, 3.63) is 40.8 Å². The van der Waals surface area contributed by atoms with Crippen molar-refractivity contribution < 1.29 is 23.5 Å². The number of hydrogen-bond acceptors (Lipinski definition) is 6. The monoisotopic (exact) mass is 352 g/mol. The van der Waals surface area contributed by atoms with E-state index in [-0.39, 0.29) is 11.5 Å². The number of halogens is 1. The summed E-state index contributed by atoms with van der Waals surface area (Å²) in [7, 11) is 2.90. The highest BCUT2D eigenvalue weighted by Gasteiger charge is 2.38. The summed E-state index contributed by atoms with van der Waals surface area (Å²) in [5, 5.41) is 1.62. The van der Waals surface area contributed by atoms with Gasteiger partial charge in [0.25, 0.3) is 5.91 Å². The molecule has 8 heteroatoms. The lowest BCUT2D eigenvalue weighted by Gasteiger charge is -2.18. The fourth-order valence-corrected chi connectivity index (χ4v) is 3.44. The van der Waals surface area contributed by atoms with Gasteiger partial charge in [0.2, 0.25) is 5.79 Å². The highest BCUT2D eigenvalue weighted by Crippen LogP contribution is 2.39. The number of amides is 1. The van der Waals surface area contributed by atoms with Gasteiger partial charge in [0.05, 0.1) is 25.2 Å². The zero-order valence-electron chi connectivity index (χ0n) is 13.5. The number of hydroxylamine groups is 2. The second kappa shape index (κ2) is 6.56. The van der Waals surface area contributed by atoms with Crippen molar-refractivity contribution in [2.75, 3.05) is 27.4 Å². The number of ether oxygens (including phenoxy) is 2. The third kappa shape index (κ3) is 3.05. The van der Waals surface area contributed by atoms with Crippen molar-refractivity contribution >= 4 is 17.2 Å². The molecule has 24 heavy (non-hydrogen) atoms. The Hall–Kier alpha value is -1.87. The van der Waals surface area contributed by atoms with Crippen LogP contribution in [0.5, 0.6) is 0 Å². The molecule has 1 aromatic heterocycles. The van der Waals surface area contributed by atoms with Crippen LogP contribution in [0.3, 0.4) is 0 Å². The minimum atomic E-state index is -0.983. The van der Waals surface area contributed by atoms with Crippen LogP contribution in [0.25, 0.3) is 10.4 Å². The third-order valence-corrected chi connectivity index (χ3v) is 5.01. The molecule has 128 valence electrons. The molecule has 0 atom stereocenters. The molecular weight excluding hydrogens is 335 g/mol. The molecule has 0 radical (unpaired) electrons. The van der Waals surface area contributed by atoms with E-state index >= 15 is 0 Å². The Bertz CT molecular complexity index is 741. The Morgan fingerprint density at radius 3 is 2.54 bits per heavy atom. The molecule has 1 fully saturated rings. The van der Waals surface area contributed by atoms with Crippen molar-refractivity contribution in [1.82, 2.24) is 10.0 Å². The predicted molar refractivity (Wildman–Crippen MR) is 85.9 cm³/mol. The summed E-state index contributed by atoms with van der Waals surface area (Å²) in [6.07, 6.45) is 0. The van der Waals surface area contributed by atoms with E-state index in [1.54, 1.807) is 19.1 Å². The first-order valence-corrected chi connectivity index (χ1v) is 8.13. The molecule has 0 saturated carbocycles. The number of carbonyl (C=O) groups is 1. The van der Waals surface area contributed by atoms with Gasteiger partial charge in [0, 0.05) is 7.05 Å². The molecule has 1 amide bonds. The number of thiazole rings is 1. The largest absolute Gasteiger partial charge is 0.342 e. The lowest BCUT2D eigenvalue weighted by molar-refractivity contribution is -0.149. The van der Waals surface area contributed by atoms with E-state index in [0.29, 0.717) is 28.7 Å². The zero-order valence-corrected chi connectivity index (χ0v) is 14.4. The highest BCUT2D eigenvalue weighted by atomic mass is 32.1. The van der Waals surface area contributed by atoms with Crippen LogP contribution < -0.4 is 0 Å². The second-order valence-corrected chi connectivity index (χ2v) is 6.33. The van der Waals surface area contributed by atoms with Crippen LogP contribution >= 0.6 is 11.3 Å². The lowest BCUT2D eigenvalue weighted by atomic mass is 10.1. The first-order chi connectivity index (χ1) is 11.4. The Morgan fingerprint density at radius 2 is 1.96 bits per heavy atom. The van der Waals surface area contributed by atoms with Crippen molar-refractivity contribution in [2.45, 2.75) is 12.7 Å². The van der Waals surface area contributed by atoms with Gasteiger partial charge >= 0.3 is 0 Å². The molecule has 1 saturated heterocycles. The van der Waals surface area contributed by atoms with Crippen LogP contribution in [0.2, 0.25) is 0 Å². The van der Waals surface area contributed by atoms with E-state index in [1.807, 2.05) is 0 Å².